The van der Waals surface area contributed by atoms with Crippen LogP contribution in [-0.2, 0) is 0 Å². The summed E-state index contributed by atoms with van der Waals surface area (Å²) in [4.78, 5) is 4.33. The molecular weight excluding hydrogens is 212 g/mol. The predicted molar refractivity (Wildman–Crippen MR) is 63.2 cm³/mol. The quantitative estimate of drug-likeness (QED) is 0.838. The van der Waals surface area contributed by atoms with Crippen molar-refractivity contribution in [2.24, 2.45) is 4.99 Å². The zero-order valence-corrected chi connectivity index (χ0v) is 9.34. The predicted octanol–water partition coefficient (Wildman–Crippen LogP) is 2.95. The highest BCUT2D eigenvalue weighted by Gasteiger charge is 2.09. The summed E-state index contributed by atoms with van der Waals surface area (Å²) in [5.74, 6) is 1.80. The van der Waals surface area contributed by atoms with Crippen molar-refractivity contribution in [1.82, 2.24) is 0 Å². The molecular formula is C11H13ClN2O. The van der Waals surface area contributed by atoms with E-state index in [1.807, 2.05) is 18.2 Å². The average Bonchev–Trinajstić information content (AvgIpc) is 2.74. The lowest BCUT2D eigenvalue weighted by atomic mass is 10.2. The van der Waals surface area contributed by atoms with Crippen LogP contribution in [0, 0.1) is 0 Å². The van der Waals surface area contributed by atoms with Gasteiger partial charge in [-0.15, -0.1) is 0 Å². The maximum Gasteiger partial charge on any atom is 0.121 e. The number of nitrogens with one attached hydrogen (secondary N) is 1. The minimum Gasteiger partial charge on any atom is -0.497 e. The van der Waals surface area contributed by atoms with Gasteiger partial charge in [-0.2, -0.15) is 0 Å². The second kappa shape index (κ2) is 4.53. The third-order valence-electron chi connectivity index (χ3n) is 2.33. The standard InChI is InChI=1S/C11H13ClN2O/c1-15-8-4-5-9(12)10(7-8)14-11-3-2-6-13-11/h4-5,7H,2-3,6H2,1H3,(H,13,14). The van der Waals surface area contributed by atoms with Crippen molar-refractivity contribution in [3.8, 4) is 5.75 Å². The zero-order valence-electron chi connectivity index (χ0n) is 8.59. The maximum absolute atomic E-state index is 6.06. The van der Waals surface area contributed by atoms with Gasteiger partial charge in [0.25, 0.3) is 0 Å². The molecule has 0 saturated heterocycles. The number of methoxy groups -OCH3 is 1. The van der Waals surface area contributed by atoms with E-state index in [4.69, 9.17) is 16.3 Å². The SMILES string of the molecule is COc1ccc(Cl)c(NC2=NCCC2)c1. The first-order valence-electron chi connectivity index (χ1n) is 4.93. The lowest BCUT2D eigenvalue weighted by Gasteiger charge is -2.09. The Hall–Kier alpha value is -1.22. The van der Waals surface area contributed by atoms with Crippen LogP contribution >= 0.6 is 11.6 Å². The molecule has 2 rings (SSSR count). The molecule has 0 amide bonds. The third-order valence-corrected chi connectivity index (χ3v) is 2.66. The molecule has 0 saturated carbocycles. The molecule has 1 heterocycles. The summed E-state index contributed by atoms with van der Waals surface area (Å²) in [6.07, 6.45) is 2.11. The molecule has 1 N–H and O–H groups in total. The minimum atomic E-state index is 0.686. The summed E-state index contributed by atoms with van der Waals surface area (Å²) in [6, 6.07) is 5.53. The Morgan fingerprint density at radius 1 is 1.47 bits per heavy atom. The number of ether oxygens (including phenoxy) is 1. The van der Waals surface area contributed by atoms with E-state index in [1.54, 1.807) is 7.11 Å². The number of hydrogen-bond acceptors (Lipinski definition) is 3. The molecule has 0 spiro atoms. The molecule has 0 bridgehead atoms. The molecule has 0 fully saturated rings. The number of hydrogen-bond donors (Lipinski definition) is 1. The number of aliphatic imine (C=N–C) groups is 1. The summed E-state index contributed by atoms with van der Waals surface area (Å²) >= 11 is 6.06. The molecule has 1 aromatic carbocycles. The molecule has 0 aromatic heterocycles. The van der Waals surface area contributed by atoms with Gasteiger partial charge in [0.05, 0.1) is 17.8 Å². The van der Waals surface area contributed by atoms with Crippen molar-refractivity contribution in [1.29, 1.82) is 0 Å². The van der Waals surface area contributed by atoms with Gasteiger partial charge in [0.1, 0.15) is 11.6 Å². The van der Waals surface area contributed by atoms with E-state index in [9.17, 15) is 0 Å². The van der Waals surface area contributed by atoms with Crippen molar-refractivity contribution in [2.45, 2.75) is 12.8 Å². The Balaban J connectivity index is 2.18. The first-order valence-corrected chi connectivity index (χ1v) is 5.31. The highest BCUT2D eigenvalue weighted by Crippen LogP contribution is 2.27. The lowest BCUT2D eigenvalue weighted by molar-refractivity contribution is 0.415. The molecule has 4 heteroatoms. The van der Waals surface area contributed by atoms with Crippen molar-refractivity contribution in [3.63, 3.8) is 0 Å². The number of rotatable bonds is 2. The zero-order chi connectivity index (χ0) is 10.7. The number of halogens is 1. The van der Waals surface area contributed by atoms with E-state index < -0.39 is 0 Å². The van der Waals surface area contributed by atoms with Crippen LogP contribution in [0.5, 0.6) is 5.75 Å². The van der Waals surface area contributed by atoms with E-state index in [2.05, 4.69) is 10.3 Å². The summed E-state index contributed by atoms with van der Waals surface area (Å²) in [5.41, 5.74) is 0.858. The summed E-state index contributed by atoms with van der Waals surface area (Å²) in [5, 5.41) is 3.91. The third kappa shape index (κ3) is 2.42. The largest absolute Gasteiger partial charge is 0.497 e. The number of anilines is 1. The van der Waals surface area contributed by atoms with Gasteiger partial charge in [0, 0.05) is 19.0 Å². The second-order valence-electron chi connectivity index (χ2n) is 3.40. The van der Waals surface area contributed by atoms with Crippen molar-refractivity contribution in [2.75, 3.05) is 19.0 Å². The Kier molecular flexibility index (Phi) is 3.11. The van der Waals surface area contributed by atoms with E-state index in [-0.39, 0.29) is 0 Å². The van der Waals surface area contributed by atoms with Gasteiger partial charge >= 0.3 is 0 Å². The fourth-order valence-corrected chi connectivity index (χ4v) is 1.69. The molecule has 80 valence electrons. The van der Waals surface area contributed by atoms with Crippen LogP contribution in [0.4, 0.5) is 5.69 Å². The molecule has 0 atom stereocenters. The number of amidine groups is 1. The molecule has 1 aliphatic heterocycles. The first kappa shape index (κ1) is 10.3. The van der Waals surface area contributed by atoms with Crippen LogP contribution in [0.25, 0.3) is 0 Å². The van der Waals surface area contributed by atoms with Crippen LogP contribution in [0.15, 0.2) is 23.2 Å². The topological polar surface area (TPSA) is 33.6 Å². The maximum atomic E-state index is 6.06. The smallest absolute Gasteiger partial charge is 0.121 e. The molecule has 15 heavy (non-hydrogen) atoms. The van der Waals surface area contributed by atoms with Gasteiger partial charge in [-0.1, -0.05) is 11.6 Å². The summed E-state index contributed by atoms with van der Waals surface area (Å²) in [6.45, 7) is 0.907. The summed E-state index contributed by atoms with van der Waals surface area (Å²) in [7, 11) is 1.64. The number of nitrogens with zero attached hydrogens (tertiary/aromatic N) is 1. The fourth-order valence-electron chi connectivity index (χ4n) is 1.52. The van der Waals surface area contributed by atoms with E-state index in [0.717, 1.165) is 36.7 Å². The minimum absolute atomic E-state index is 0.686. The fraction of sp³-hybridized carbons (Fsp3) is 0.364. The van der Waals surface area contributed by atoms with Crippen LogP contribution in [0.3, 0.4) is 0 Å². The Bertz CT molecular complexity index is 390. The molecule has 3 nitrogen and oxygen atoms in total. The Morgan fingerprint density at radius 3 is 3.00 bits per heavy atom. The van der Waals surface area contributed by atoms with Crippen molar-refractivity contribution in [3.05, 3.63) is 23.2 Å². The van der Waals surface area contributed by atoms with Crippen LogP contribution in [0.2, 0.25) is 5.02 Å². The highest BCUT2D eigenvalue weighted by atomic mass is 35.5. The van der Waals surface area contributed by atoms with Crippen LogP contribution in [-0.4, -0.2) is 19.5 Å². The van der Waals surface area contributed by atoms with Gasteiger partial charge in [-0.25, -0.2) is 0 Å². The monoisotopic (exact) mass is 224 g/mol. The average molecular weight is 225 g/mol. The second-order valence-corrected chi connectivity index (χ2v) is 3.81. The van der Waals surface area contributed by atoms with Gasteiger partial charge in [-0.3, -0.25) is 4.99 Å². The van der Waals surface area contributed by atoms with Gasteiger partial charge in [0.15, 0.2) is 0 Å². The summed E-state index contributed by atoms with van der Waals surface area (Å²) < 4.78 is 5.14. The van der Waals surface area contributed by atoms with E-state index >= 15 is 0 Å². The van der Waals surface area contributed by atoms with Gasteiger partial charge in [0.2, 0.25) is 0 Å². The first-order chi connectivity index (χ1) is 7.29. The molecule has 0 unspecified atom stereocenters. The lowest BCUT2D eigenvalue weighted by Crippen LogP contribution is -2.08. The van der Waals surface area contributed by atoms with E-state index in [1.165, 1.54) is 0 Å². The van der Waals surface area contributed by atoms with Crippen LogP contribution in [0.1, 0.15) is 12.8 Å². The van der Waals surface area contributed by atoms with Crippen molar-refractivity contribution >= 4 is 23.1 Å². The highest BCUT2D eigenvalue weighted by molar-refractivity contribution is 6.33. The normalized spacial score (nSPS) is 14.9. The Labute approximate surface area is 94.1 Å². The van der Waals surface area contributed by atoms with Gasteiger partial charge < -0.3 is 10.1 Å². The molecule has 1 aromatic rings. The van der Waals surface area contributed by atoms with Gasteiger partial charge in [-0.05, 0) is 18.6 Å². The van der Waals surface area contributed by atoms with Crippen LogP contribution < -0.4 is 10.1 Å². The van der Waals surface area contributed by atoms with Crippen molar-refractivity contribution < 1.29 is 4.74 Å². The molecule has 1 aliphatic rings. The number of benzene rings is 1. The molecule has 0 aliphatic carbocycles. The Morgan fingerprint density at radius 2 is 2.33 bits per heavy atom. The van der Waals surface area contributed by atoms with E-state index in [0.29, 0.717) is 5.02 Å². The molecule has 0 radical (unpaired) electrons.